The van der Waals surface area contributed by atoms with Crippen LogP contribution in [0.4, 0.5) is 15.9 Å². The lowest BCUT2D eigenvalue weighted by Crippen LogP contribution is -3.00. The summed E-state index contributed by atoms with van der Waals surface area (Å²) in [5, 5.41) is 0.871. The highest BCUT2D eigenvalue weighted by Gasteiger charge is 2.31. The van der Waals surface area contributed by atoms with Gasteiger partial charge in [0.25, 0.3) is 10.0 Å². The van der Waals surface area contributed by atoms with Gasteiger partial charge >= 0.3 is 1.43 Å². The van der Waals surface area contributed by atoms with E-state index in [1.807, 2.05) is 0 Å². The molecule has 0 amide bonds. The van der Waals surface area contributed by atoms with Crippen molar-refractivity contribution in [3.05, 3.63) is 28.5 Å². The van der Waals surface area contributed by atoms with Crippen molar-refractivity contribution >= 4 is 32.9 Å². The summed E-state index contributed by atoms with van der Waals surface area (Å²) in [6.45, 7) is 0. The molecule has 0 aliphatic heterocycles. The van der Waals surface area contributed by atoms with Crippen LogP contribution in [0.2, 0.25) is 0 Å². The first-order valence-electron chi connectivity index (χ1n) is 5.84. The van der Waals surface area contributed by atoms with E-state index in [-0.39, 0.29) is 31.3 Å². The topological polar surface area (TPSA) is 98.0 Å². The van der Waals surface area contributed by atoms with Gasteiger partial charge < -0.3 is 18.1 Å². The first-order chi connectivity index (χ1) is 9.47. The Morgan fingerprint density at radius 3 is 2.76 bits per heavy atom. The number of rotatable bonds is 4. The molecule has 3 rings (SSSR count). The Kier molecular flexibility index (Phi) is 4.35. The summed E-state index contributed by atoms with van der Waals surface area (Å²) in [6.07, 6.45) is 1.78. The second-order valence-electron chi connectivity index (χ2n) is 4.50. The number of nitrogens with zero attached hydrogens (tertiary/aromatic N) is 2. The zero-order chi connectivity index (χ0) is 14.3. The molecule has 2 heterocycles. The van der Waals surface area contributed by atoms with Crippen molar-refractivity contribution in [1.29, 1.82) is 0 Å². The Labute approximate surface area is 132 Å². The third-order valence-corrected chi connectivity index (χ3v) is 4.75. The fourth-order valence-electron chi connectivity index (χ4n) is 1.82. The number of nitrogens with two attached hydrogens (primary N) is 1. The van der Waals surface area contributed by atoms with Crippen molar-refractivity contribution in [1.82, 2.24) is 9.97 Å². The monoisotopic (exact) mass is 350 g/mol. The predicted molar refractivity (Wildman–Crippen MR) is 74.6 cm³/mol. The summed E-state index contributed by atoms with van der Waals surface area (Å²) in [4.78, 5) is 7.71. The fraction of sp³-hybridized carbons (Fsp3) is 0.273. The number of pyridine rings is 1. The van der Waals surface area contributed by atoms with Crippen LogP contribution >= 0.6 is 11.3 Å². The van der Waals surface area contributed by atoms with Gasteiger partial charge in [0, 0.05) is 17.4 Å². The molecular formula is C11H12ClFN4O2S2. The third-order valence-electron chi connectivity index (χ3n) is 2.89. The second-order valence-corrected chi connectivity index (χ2v) is 6.82. The lowest BCUT2D eigenvalue weighted by Gasteiger charge is -2.09. The van der Waals surface area contributed by atoms with Crippen LogP contribution in [-0.2, 0) is 10.0 Å². The molecule has 0 radical (unpaired) electrons. The second kappa shape index (κ2) is 5.74. The molecule has 0 saturated heterocycles. The van der Waals surface area contributed by atoms with Crippen LogP contribution in [0, 0.1) is 5.82 Å². The van der Waals surface area contributed by atoms with E-state index >= 15 is 0 Å². The number of nitrogens with one attached hydrogen (secondary N) is 1. The standard InChI is InChI=1S/C11H11FN4O2S2.ClH/c12-7-3-8(13)10(6-1-2-6)15-11(7)20(17,18)16-9-4-19-5-14-9;/h3-6,16H,1-2,13H2;1H. The quantitative estimate of drug-likeness (QED) is 0.741. The maximum absolute atomic E-state index is 13.9. The minimum atomic E-state index is -4.11. The van der Waals surface area contributed by atoms with Gasteiger partial charge in [-0.3, -0.25) is 4.72 Å². The Balaban J connectivity index is 0.00000121. The Morgan fingerprint density at radius 2 is 2.19 bits per heavy atom. The average molecular weight is 351 g/mol. The van der Waals surface area contributed by atoms with Gasteiger partial charge in [-0.2, -0.15) is 8.42 Å². The molecule has 0 spiro atoms. The summed E-state index contributed by atoms with van der Waals surface area (Å²) < 4.78 is 40.3. The number of hydrogen-bond donors (Lipinski definition) is 2. The van der Waals surface area contributed by atoms with Crippen LogP contribution in [0.15, 0.2) is 22.0 Å². The van der Waals surface area contributed by atoms with Crippen LogP contribution in [0.1, 0.15) is 25.9 Å². The zero-order valence-electron chi connectivity index (χ0n) is 11.6. The van der Waals surface area contributed by atoms with Crippen LogP contribution in [0.3, 0.4) is 0 Å². The molecule has 1 aliphatic carbocycles. The molecule has 6 nitrogen and oxygen atoms in total. The number of sulfonamides is 1. The van der Waals surface area contributed by atoms with Crippen molar-refractivity contribution in [2.24, 2.45) is 0 Å². The molecule has 114 valence electrons. The van der Waals surface area contributed by atoms with Crippen LogP contribution in [0.25, 0.3) is 0 Å². The van der Waals surface area contributed by atoms with E-state index < -0.39 is 20.9 Å². The van der Waals surface area contributed by atoms with Crippen molar-refractivity contribution in [3.8, 4) is 0 Å². The van der Waals surface area contributed by atoms with Gasteiger partial charge in [0.15, 0.2) is 11.6 Å². The number of halogens is 2. The number of nitrogen functional groups attached to an aromatic ring is 1. The third kappa shape index (κ3) is 3.25. The smallest absolute Gasteiger partial charge is 1.00 e. The lowest BCUT2D eigenvalue weighted by atomic mass is 10.2. The molecule has 3 N–H and O–H groups in total. The molecule has 1 fully saturated rings. The van der Waals surface area contributed by atoms with E-state index in [1.54, 1.807) is 0 Å². The highest BCUT2D eigenvalue weighted by atomic mass is 35.5. The SMILES string of the molecule is Nc1cc(F)c(S(=O)(=O)Nc2cscn2)nc1C1CC1.[Cl-].[H+]. The van der Waals surface area contributed by atoms with Crippen molar-refractivity contribution in [3.63, 3.8) is 0 Å². The molecule has 1 saturated carbocycles. The summed E-state index contributed by atoms with van der Waals surface area (Å²) in [5.41, 5.74) is 7.80. The summed E-state index contributed by atoms with van der Waals surface area (Å²) in [7, 11) is -4.11. The molecule has 21 heavy (non-hydrogen) atoms. The molecule has 0 unspecified atom stereocenters. The van der Waals surface area contributed by atoms with Crippen LogP contribution in [0.5, 0.6) is 0 Å². The van der Waals surface area contributed by atoms with Gasteiger partial charge in [-0.25, -0.2) is 14.4 Å². The maximum Gasteiger partial charge on any atom is 1.00 e. The number of aromatic nitrogens is 2. The number of anilines is 2. The van der Waals surface area contributed by atoms with Crippen LogP contribution in [-0.4, -0.2) is 18.4 Å². The van der Waals surface area contributed by atoms with E-state index in [2.05, 4.69) is 14.7 Å². The number of hydrogen-bond acceptors (Lipinski definition) is 6. The maximum atomic E-state index is 13.9. The van der Waals surface area contributed by atoms with Gasteiger partial charge in [-0.1, -0.05) is 0 Å². The number of thiazole rings is 1. The summed E-state index contributed by atoms with van der Waals surface area (Å²) in [6, 6.07) is 1.01. The molecule has 10 heteroatoms. The first kappa shape index (κ1) is 15.9. The van der Waals surface area contributed by atoms with Crippen molar-refractivity contribution in [2.75, 3.05) is 10.5 Å². The molecule has 0 aromatic carbocycles. The van der Waals surface area contributed by atoms with Gasteiger partial charge in [0.05, 0.1) is 16.9 Å². The van der Waals surface area contributed by atoms with Gasteiger partial charge in [-0.05, 0) is 12.8 Å². The van der Waals surface area contributed by atoms with E-state index in [9.17, 15) is 12.8 Å². The first-order valence-corrected chi connectivity index (χ1v) is 8.27. The van der Waals surface area contributed by atoms with Gasteiger partial charge in [-0.15, -0.1) is 11.3 Å². The molecule has 2 aromatic rings. The molecule has 2 aromatic heterocycles. The minimum absolute atomic E-state index is 0. The van der Waals surface area contributed by atoms with Crippen LogP contribution < -0.4 is 22.9 Å². The van der Waals surface area contributed by atoms with Crippen molar-refractivity contribution in [2.45, 2.75) is 23.8 Å². The molecule has 1 aliphatic rings. The highest BCUT2D eigenvalue weighted by molar-refractivity contribution is 7.92. The van der Waals surface area contributed by atoms with Gasteiger partial charge in [0.1, 0.15) is 0 Å². The Hall–Kier alpha value is -1.45. The Morgan fingerprint density at radius 1 is 1.48 bits per heavy atom. The Bertz CT molecular complexity index is 754. The van der Waals surface area contributed by atoms with E-state index in [1.165, 1.54) is 22.2 Å². The predicted octanol–water partition coefficient (Wildman–Crippen LogP) is -0.946. The fourth-order valence-corrected chi connectivity index (χ4v) is 3.40. The van der Waals surface area contributed by atoms with Gasteiger partial charge in [0.2, 0.25) is 5.03 Å². The summed E-state index contributed by atoms with van der Waals surface area (Å²) in [5.74, 6) is -0.695. The molecule has 0 bridgehead atoms. The lowest BCUT2D eigenvalue weighted by molar-refractivity contribution is -0.00000725. The molecule has 0 atom stereocenters. The minimum Gasteiger partial charge on any atom is -1.00 e. The largest absolute Gasteiger partial charge is 1.00 e. The average Bonchev–Trinajstić information content (AvgIpc) is 3.07. The normalized spacial score (nSPS) is 14.5. The zero-order valence-corrected chi connectivity index (χ0v) is 13.0. The van der Waals surface area contributed by atoms with E-state index in [4.69, 9.17) is 5.73 Å². The summed E-state index contributed by atoms with van der Waals surface area (Å²) >= 11 is 1.23. The molecular weight excluding hydrogens is 339 g/mol. The van der Waals surface area contributed by atoms with E-state index in [0.29, 0.717) is 5.69 Å². The van der Waals surface area contributed by atoms with E-state index in [0.717, 1.165) is 18.9 Å². The van der Waals surface area contributed by atoms with Crippen molar-refractivity contribution < 1.29 is 26.6 Å². The highest BCUT2D eigenvalue weighted by Crippen LogP contribution is 2.42.